The zero-order valence-electron chi connectivity index (χ0n) is 21.3. The predicted molar refractivity (Wildman–Crippen MR) is 148 cm³/mol. The van der Waals surface area contributed by atoms with Gasteiger partial charge in [0.1, 0.15) is 6.29 Å². The summed E-state index contributed by atoms with van der Waals surface area (Å²) in [4.78, 5) is 14.7. The van der Waals surface area contributed by atoms with Gasteiger partial charge in [-0.2, -0.15) is 5.10 Å². The molecule has 0 atom stereocenters. The lowest BCUT2D eigenvalue weighted by Crippen LogP contribution is -2.33. The molecule has 1 amide bonds. The molecule has 1 fully saturated rings. The number of carbonyl (C=O) groups is 1. The maximum atomic E-state index is 13.9. The average Bonchev–Trinajstić information content (AvgIpc) is 3.50. The molecule has 38 heavy (non-hydrogen) atoms. The molecule has 206 valence electrons. The van der Waals surface area contributed by atoms with Crippen LogP contribution in [0.4, 0.5) is 5.69 Å². The predicted octanol–water partition coefficient (Wildman–Crippen LogP) is 5.54. The Kier molecular flexibility index (Phi) is 8.76. The number of anilines is 1. The number of sulfonamides is 1. The molecule has 0 unspecified atom stereocenters. The molecule has 0 N–H and O–H groups in total. The average molecular weight is 603 g/mol. The van der Waals surface area contributed by atoms with Crippen LogP contribution in [0.5, 0.6) is 0 Å². The highest BCUT2D eigenvalue weighted by Crippen LogP contribution is 2.50. The minimum Gasteiger partial charge on any atom is -0.337 e. The summed E-state index contributed by atoms with van der Waals surface area (Å²) in [6, 6.07) is 8.69. The second-order valence-corrected chi connectivity index (χ2v) is 13.5. The molecule has 2 aromatic carbocycles. The maximum Gasteiger partial charge on any atom is 0.350 e. The largest absolute Gasteiger partial charge is 0.350 e. The van der Waals surface area contributed by atoms with Crippen LogP contribution in [0.2, 0.25) is 10.0 Å². The summed E-state index contributed by atoms with van der Waals surface area (Å²) >= 11 is 12.2. The number of aromatic nitrogens is 2. The van der Waals surface area contributed by atoms with Gasteiger partial charge in [-0.3, -0.25) is 18.3 Å². The number of likely N-dealkylation sites (tertiary alicyclic amines) is 1. The van der Waals surface area contributed by atoms with Crippen LogP contribution in [0.15, 0.2) is 41.3 Å². The second-order valence-electron chi connectivity index (χ2n) is 8.72. The van der Waals surface area contributed by atoms with E-state index in [9.17, 15) is 17.8 Å². The summed E-state index contributed by atoms with van der Waals surface area (Å²) in [6.07, 6.45) is 1.30. The first-order valence-electron chi connectivity index (χ1n) is 12.1. The summed E-state index contributed by atoms with van der Waals surface area (Å²) in [7, 11) is -6.55. The van der Waals surface area contributed by atoms with Gasteiger partial charge in [-0.05, 0) is 63.1 Å². The summed E-state index contributed by atoms with van der Waals surface area (Å²) in [6.45, 7) is 4.73. The van der Waals surface area contributed by atoms with E-state index in [2.05, 4.69) is 5.10 Å². The minimum atomic E-state index is -4.35. The Labute approximate surface area is 232 Å². The first kappa shape index (κ1) is 28.9. The van der Waals surface area contributed by atoms with Crippen molar-refractivity contribution >= 4 is 63.3 Å². The summed E-state index contributed by atoms with van der Waals surface area (Å²) in [5.41, 5.74) is 0.995. The van der Waals surface area contributed by atoms with E-state index in [1.807, 2.05) is 0 Å². The van der Waals surface area contributed by atoms with E-state index in [1.54, 1.807) is 37.9 Å². The van der Waals surface area contributed by atoms with E-state index < -0.39 is 23.9 Å². The van der Waals surface area contributed by atoms with Crippen molar-refractivity contribution < 1.29 is 26.8 Å². The number of aryl methyl sites for hydroxylation is 1. The van der Waals surface area contributed by atoms with Crippen molar-refractivity contribution in [3.05, 3.63) is 52.1 Å². The Morgan fingerprint density at radius 2 is 1.66 bits per heavy atom. The van der Waals surface area contributed by atoms with Crippen LogP contribution in [0.1, 0.15) is 37.2 Å². The number of benzene rings is 2. The van der Waals surface area contributed by atoms with Crippen molar-refractivity contribution in [1.82, 2.24) is 14.7 Å². The molecule has 1 saturated heterocycles. The molecule has 0 spiro atoms. The van der Waals surface area contributed by atoms with Gasteiger partial charge in [0.2, 0.25) is 0 Å². The summed E-state index contributed by atoms with van der Waals surface area (Å²) in [5.74, 6) is -0.170. The molecule has 0 saturated carbocycles. The second kappa shape index (κ2) is 11.5. The van der Waals surface area contributed by atoms with E-state index in [0.29, 0.717) is 29.7 Å². The Bertz CT molecular complexity index is 1480. The minimum absolute atomic E-state index is 0.0525. The molecule has 2 heterocycles. The van der Waals surface area contributed by atoms with Gasteiger partial charge in [-0.15, -0.1) is 0 Å². The molecule has 1 aliphatic rings. The number of amides is 1. The molecule has 1 aromatic heterocycles. The lowest BCUT2D eigenvalue weighted by atomic mass is 10.1. The highest BCUT2D eigenvalue weighted by molar-refractivity contribution is 7.93. The number of hydrogen-bond acceptors (Lipinski definition) is 7. The van der Waals surface area contributed by atoms with Crippen molar-refractivity contribution in [2.45, 2.75) is 31.6 Å². The van der Waals surface area contributed by atoms with Crippen molar-refractivity contribution in [2.24, 2.45) is 7.05 Å². The first-order chi connectivity index (χ1) is 18.0. The monoisotopic (exact) mass is 602 g/mol. The lowest BCUT2D eigenvalue weighted by molar-refractivity contribution is 0.0788. The molecule has 3 aromatic rings. The van der Waals surface area contributed by atoms with Crippen LogP contribution in [0.25, 0.3) is 10.9 Å². The fourth-order valence-electron chi connectivity index (χ4n) is 4.40. The lowest BCUT2D eigenvalue weighted by Gasteiger charge is -2.28. The van der Waals surface area contributed by atoms with Gasteiger partial charge < -0.3 is 13.9 Å². The maximum absolute atomic E-state index is 13.9. The molecule has 4 rings (SSSR count). The number of nitrogens with zero attached hydrogens (tertiary/aromatic N) is 4. The topological polar surface area (TPSA) is 111 Å². The third-order valence-corrected chi connectivity index (χ3v) is 10.4. The van der Waals surface area contributed by atoms with Gasteiger partial charge in [-0.25, -0.2) is 8.42 Å². The zero-order valence-corrected chi connectivity index (χ0v) is 24.5. The van der Waals surface area contributed by atoms with Crippen molar-refractivity contribution in [2.75, 3.05) is 36.9 Å². The standard InChI is InChI=1S/C24H29Cl2N4O6PS/c1-4-35-37(32,36-5-2)16-30(38(33,34)20-13-17(25)12-18(26)14-20)19-8-9-21-22(15-19)28(3)27-23(21)24(31)29-10-6-7-11-29/h8-9,12-15H,4-7,10-11,16H2,1-3H3. The molecule has 10 nitrogen and oxygen atoms in total. The Morgan fingerprint density at radius 3 is 2.24 bits per heavy atom. The van der Waals surface area contributed by atoms with Crippen LogP contribution < -0.4 is 4.31 Å². The van der Waals surface area contributed by atoms with E-state index in [1.165, 1.54) is 28.9 Å². The van der Waals surface area contributed by atoms with E-state index in [0.717, 1.165) is 17.1 Å². The summed E-state index contributed by atoms with van der Waals surface area (Å²) in [5, 5.41) is 5.26. The highest BCUT2D eigenvalue weighted by Gasteiger charge is 2.36. The van der Waals surface area contributed by atoms with Crippen LogP contribution in [-0.2, 0) is 30.7 Å². The number of rotatable bonds is 10. The quantitative estimate of drug-likeness (QED) is 0.280. The van der Waals surface area contributed by atoms with Gasteiger partial charge >= 0.3 is 7.60 Å². The molecule has 0 bridgehead atoms. The fourth-order valence-corrected chi connectivity index (χ4v) is 8.79. The van der Waals surface area contributed by atoms with E-state index in [-0.39, 0.29) is 39.7 Å². The third kappa shape index (κ3) is 5.88. The highest BCUT2D eigenvalue weighted by atomic mass is 35.5. The molecular formula is C24H29Cl2N4O6PS. The number of halogens is 2. The van der Waals surface area contributed by atoms with Crippen molar-refractivity contribution in [3.8, 4) is 0 Å². The van der Waals surface area contributed by atoms with Crippen LogP contribution >= 0.6 is 30.8 Å². The molecular weight excluding hydrogens is 574 g/mol. The first-order valence-corrected chi connectivity index (χ1v) is 16.0. The van der Waals surface area contributed by atoms with Gasteiger partial charge in [-0.1, -0.05) is 23.2 Å². The van der Waals surface area contributed by atoms with Crippen LogP contribution in [-0.4, -0.2) is 61.6 Å². The van der Waals surface area contributed by atoms with Gasteiger partial charge in [0.25, 0.3) is 15.9 Å². The SMILES string of the molecule is CCOP(=O)(CN(c1ccc2c(C(=O)N3CCCC3)nn(C)c2c1)S(=O)(=O)c1cc(Cl)cc(Cl)c1)OCC. The Hall–Kier alpha value is -2.14. The molecule has 0 radical (unpaired) electrons. The summed E-state index contributed by atoms with van der Waals surface area (Å²) < 4.78 is 54.7. The van der Waals surface area contributed by atoms with Crippen molar-refractivity contribution in [3.63, 3.8) is 0 Å². The van der Waals surface area contributed by atoms with Gasteiger partial charge in [0, 0.05) is 35.6 Å². The van der Waals surface area contributed by atoms with Crippen LogP contribution in [0, 0.1) is 0 Å². The van der Waals surface area contributed by atoms with Gasteiger partial charge in [0.05, 0.1) is 29.3 Å². The third-order valence-electron chi connectivity index (χ3n) is 6.10. The normalized spacial score (nSPS) is 14.4. The Balaban J connectivity index is 1.85. The van der Waals surface area contributed by atoms with Crippen molar-refractivity contribution in [1.29, 1.82) is 0 Å². The van der Waals surface area contributed by atoms with Crippen LogP contribution in [0.3, 0.4) is 0 Å². The molecule has 1 aliphatic heterocycles. The fraction of sp³-hybridized carbons (Fsp3) is 0.417. The molecule has 0 aliphatic carbocycles. The van der Waals surface area contributed by atoms with E-state index in [4.69, 9.17) is 32.2 Å². The van der Waals surface area contributed by atoms with Gasteiger partial charge in [0.15, 0.2) is 5.69 Å². The number of hydrogen-bond donors (Lipinski definition) is 0. The number of fused-ring (bicyclic) bond motifs is 1. The smallest absolute Gasteiger partial charge is 0.337 e. The zero-order chi connectivity index (χ0) is 27.7. The van der Waals surface area contributed by atoms with E-state index >= 15 is 0 Å². The number of carbonyl (C=O) groups excluding carboxylic acids is 1. The Morgan fingerprint density at radius 1 is 1.05 bits per heavy atom. The molecule has 14 heteroatoms.